The van der Waals surface area contributed by atoms with Gasteiger partial charge in [-0.2, -0.15) is 0 Å². The van der Waals surface area contributed by atoms with E-state index in [2.05, 4.69) is 15.9 Å². The first-order valence-electron chi connectivity index (χ1n) is 5.89. The molecule has 0 aliphatic rings. The molecule has 0 heterocycles. The molecule has 20 heavy (non-hydrogen) atoms. The summed E-state index contributed by atoms with van der Waals surface area (Å²) in [6.45, 7) is 0. The van der Waals surface area contributed by atoms with Crippen LogP contribution in [0, 0.1) is 0 Å². The number of carbonyl (C=O) groups is 1. The van der Waals surface area contributed by atoms with Crippen LogP contribution in [0.5, 0.6) is 0 Å². The van der Waals surface area contributed by atoms with Gasteiger partial charge in [0.25, 0.3) is 0 Å². The molecule has 2 aromatic carbocycles. The molecule has 0 saturated carbocycles. The lowest BCUT2D eigenvalue weighted by Crippen LogP contribution is -2.06. The van der Waals surface area contributed by atoms with Gasteiger partial charge in [-0.3, -0.25) is 4.79 Å². The number of rotatable bonds is 5. The second kappa shape index (κ2) is 7.51. The van der Waals surface area contributed by atoms with Crippen LogP contribution in [0.25, 0.3) is 0 Å². The number of Topliss-reactive ketones (excluding diaryl/α,β-unsaturated/α-hetero) is 1. The largest absolute Gasteiger partial charge is 0.298 e. The lowest BCUT2D eigenvalue weighted by atomic mass is 10.1. The highest BCUT2D eigenvalue weighted by Gasteiger charge is 2.10. The summed E-state index contributed by atoms with van der Waals surface area (Å²) in [6, 6.07) is 13.2. The molecule has 0 aromatic heterocycles. The quantitative estimate of drug-likeness (QED) is 0.613. The first-order chi connectivity index (χ1) is 9.56. The maximum Gasteiger partial charge on any atom is 0.147 e. The average molecular weight is 390 g/mol. The van der Waals surface area contributed by atoms with E-state index in [1.54, 1.807) is 12.1 Å². The number of carbonyl (C=O) groups excluding carboxylic acids is 1. The lowest BCUT2D eigenvalue weighted by Gasteiger charge is -2.05. The van der Waals surface area contributed by atoms with Gasteiger partial charge < -0.3 is 0 Å². The van der Waals surface area contributed by atoms with Crippen LogP contribution in [0.2, 0.25) is 10.0 Å². The van der Waals surface area contributed by atoms with Crippen molar-refractivity contribution in [3.05, 3.63) is 62.5 Å². The number of hydrogen-bond donors (Lipinski definition) is 0. The summed E-state index contributed by atoms with van der Waals surface area (Å²) in [6.07, 6.45) is 0.306. The first kappa shape index (κ1) is 15.9. The van der Waals surface area contributed by atoms with E-state index in [1.165, 1.54) is 11.8 Å². The van der Waals surface area contributed by atoms with Gasteiger partial charge in [-0.15, -0.1) is 11.8 Å². The maximum absolute atomic E-state index is 12.0. The fourth-order valence-electron chi connectivity index (χ4n) is 1.67. The lowest BCUT2D eigenvalue weighted by molar-refractivity contribution is -0.116. The minimum Gasteiger partial charge on any atom is -0.298 e. The Kier molecular flexibility index (Phi) is 5.97. The highest BCUT2D eigenvalue weighted by molar-refractivity contribution is 9.10. The van der Waals surface area contributed by atoms with Crippen LogP contribution in [0.4, 0.5) is 0 Å². The Morgan fingerprint density at radius 3 is 2.65 bits per heavy atom. The second-order valence-corrected chi connectivity index (χ2v) is 6.92. The molecule has 0 fully saturated rings. The monoisotopic (exact) mass is 388 g/mol. The third-order valence-electron chi connectivity index (χ3n) is 2.62. The molecule has 2 aromatic rings. The smallest absolute Gasteiger partial charge is 0.147 e. The third kappa shape index (κ3) is 4.52. The van der Waals surface area contributed by atoms with Gasteiger partial charge >= 0.3 is 0 Å². The van der Waals surface area contributed by atoms with Gasteiger partial charge in [-0.1, -0.05) is 57.3 Å². The normalized spacial score (nSPS) is 10.6. The van der Waals surface area contributed by atoms with E-state index in [0.29, 0.717) is 22.2 Å². The summed E-state index contributed by atoms with van der Waals surface area (Å²) >= 11 is 16.9. The van der Waals surface area contributed by atoms with Crippen LogP contribution in [-0.2, 0) is 11.2 Å². The molecule has 0 saturated heterocycles. The van der Waals surface area contributed by atoms with E-state index >= 15 is 0 Å². The van der Waals surface area contributed by atoms with Crippen LogP contribution in [0.15, 0.2) is 51.8 Å². The molecule has 0 unspecified atom stereocenters. The van der Waals surface area contributed by atoms with Gasteiger partial charge in [0.15, 0.2) is 0 Å². The van der Waals surface area contributed by atoms with Gasteiger partial charge in [0.2, 0.25) is 0 Å². The summed E-state index contributed by atoms with van der Waals surface area (Å²) in [7, 11) is 0. The zero-order valence-electron chi connectivity index (χ0n) is 10.4. The van der Waals surface area contributed by atoms with Crippen LogP contribution < -0.4 is 0 Å². The Morgan fingerprint density at radius 2 is 1.90 bits per heavy atom. The molecule has 5 heteroatoms. The molecule has 0 spiro atoms. The number of ketones is 1. The summed E-state index contributed by atoms with van der Waals surface area (Å²) in [5.74, 6) is 0.540. The molecular formula is C15H11BrCl2OS. The minimum atomic E-state index is 0.124. The number of thioether (sulfide) groups is 1. The molecule has 104 valence electrons. The first-order valence-corrected chi connectivity index (χ1v) is 8.42. The molecule has 0 aliphatic carbocycles. The molecule has 1 nitrogen and oxygen atoms in total. The predicted octanol–water partition coefficient (Wildman–Crippen LogP) is 5.66. The van der Waals surface area contributed by atoms with Gasteiger partial charge in [-0.25, -0.2) is 0 Å². The molecule has 2 rings (SSSR count). The molecule has 0 bridgehead atoms. The predicted molar refractivity (Wildman–Crippen MR) is 90.0 cm³/mol. The van der Waals surface area contributed by atoms with E-state index < -0.39 is 0 Å². The fourth-order valence-corrected chi connectivity index (χ4v) is 3.42. The van der Waals surface area contributed by atoms with Crippen molar-refractivity contribution >= 4 is 56.7 Å². The van der Waals surface area contributed by atoms with Gasteiger partial charge in [0.1, 0.15) is 5.78 Å². The topological polar surface area (TPSA) is 17.1 Å². The van der Waals surface area contributed by atoms with Crippen molar-refractivity contribution in [2.24, 2.45) is 0 Å². The van der Waals surface area contributed by atoms with Crippen molar-refractivity contribution in [1.29, 1.82) is 0 Å². The zero-order chi connectivity index (χ0) is 14.5. The number of hydrogen-bond acceptors (Lipinski definition) is 2. The van der Waals surface area contributed by atoms with E-state index in [1.807, 2.05) is 30.3 Å². The van der Waals surface area contributed by atoms with Crippen molar-refractivity contribution in [3.63, 3.8) is 0 Å². The van der Waals surface area contributed by atoms with Crippen molar-refractivity contribution in [2.45, 2.75) is 11.3 Å². The summed E-state index contributed by atoms with van der Waals surface area (Å²) in [4.78, 5) is 13.1. The van der Waals surface area contributed by atoms with E-state index in [-0.39, 0.29) is 5.78 Å². The van der Waals surface area contributed by atoms with Crippen molar-refractivity contribution < 1.29 is 4.79 Å². The fraction of sp³-hybridized carbons (Fsp3) is 0.133. The van der Waals surface area contributed by atoms with Gasteiger partial charge in [0.05, 0.1) is 15.8 Å². The molecule has 0 amide bonds. The average Bonchev–Trinajstić information content (AvgIpc) is 2.42. The highest BCUT2D eigenvalue weighted by Crippen LogP contribution is 2.27. The van der Waals surface area contributed by atoms with Crippen LogP contribution in [0.3, 0.4) is 0 Å². The maximum atomic E-state index is 12.0. The summed E-state index contributed by atoms with van der Waals surface area (Å²) in [5.41, 5.74) is 0.777. The van der Waals surface area contributed by atoms with Gasteiger partial charge in [-0.05, 0) is 29.8 Å². The van der Waals surface area contributed by atoms with Crippen LogP contribution >= 0.6 is 50.9 Å². The van der Waals surface area contributed by atoms with Crippen LogP contribution in [-0.4, -0.2) is 11.5 Å². The number of halogens is 3. The SMILES string of the molecule is O=C(CSc1cccc(Br)c1)Cc1cccc(Cl)c1Cl. The Bertz CT molecular complexity index is 631. The Labute approximate surface area is 140 Å². The van der Waals surface area contributed by atoms with Crippen LogP contribution in [0.1, 0.15) is 5.56 Å². The number of benzene rings is 2. The standard InChI is InChI=1S/C15H11BrCl2OS/c16-11-4-2-5-13(8-11)20-9-12(19)7-10-3-1-6-14(17)15(10)18/h1-6,8H,7,9H2. The van der Waals surface area contributed by atoms with Crippen molar-refractivity contribution in [3.8, 4) is 0 Å². The van der Waals surface area contributed by atoms with Gasteiger partial charge in [0, 0.05) is 15.8 Å². The van der Waals surface area contributed by atoms with E-state index in [0.717, 1.165) is 14.9 Å². The molecule has 0 radical (unpaired) electrons. The third-order valence-corrected chi connectivity index (χ3v) is 5.02. The Balaban J connectivity index is 1.94. The van der Waals surface area contributed by atoms with E-state index in [9.17, 15) is 4.79 Å². The second-order valence-electron chi connectivity index (χ2n) is 4.17. The summed E-state index contributed by atoms with van der Waals surface area (Å²) in [5, 5.41) is 0.951. The Hall–Kier alpha value is -0.480. The Morgan fingerprint density at radius 1 is 1.15 bits per heavy atom. The molecule has 0 atom stereocenters. The summed E-state index contributed by atoms with van der Waals surface area (Å²) < 4.78 is 1.01. The minimum absolute atomic E-state index is 0.124. The highest BCUT2D eigenvalue weighted by atomic mass is 79.9. The van der Waals surface area contributed by atoms with E-state index in [4.69, 9.17) is 23.2 Å². The zero-order valence-corrected chi connectivity index (χ0v) is 14.3. The van der Waals surface area contributed by atoms with Crippen molar-refractivity contribution in [1.82, 2.24) is 0 Å². The molecule has 0 N–H and O–H groups in total. The van der Waals surface area contributed by atoms with Crippen molar-refractivity contribution in [2.75, 3.05) is 5.75 Å². The molecule has 0 aliphatic heterocycles. The molecular weight excluding hydrogens is 379 g/mol.